The summed E-state index contributed by atoms with van der Waals surface area (Å²) in [5, 5.41) is 3.00. The topological polar surface area (TPSA) is 92.5 Å². The van der Waals surface area contributed by atoms with Gasteiger partial charge in [0.25, 0.3) is 5.91 Å². The van der Waals surface area contributed by atoms with Crippen LogP contribution in [0.25, 0.3) is 0 Å². The molecule has 1 aromatic carbocycles. The maximum atomic E-state index is 12.4. The van der Waals surface area contributed by atoms with Gasteiger partial charge in [0.2, 0.25) is 10.0 Å². The minimum Gasteiger partial charge on any atom is -0.348 e. The third kappa shape index (κ3) is 3.35. The Kier molecular flexibility index (Phi) is 4.33. The Morgan fingerprint density at radius 3 is 2.70 bits per heavy atom. The third-order valence-electron chi connectivity index (χ3n) is 4.60. The molecular formula is C16H23N3O3S. The predicted octanol–water partition coefficient (Wildman–Crippen LogP) is 1.00. The molecular weight excluding hydrogens is 314 g/mol. The first-order chi connectivity index (χ1) is 10.9. The number of benzene rings is 1. The number of carbonyl (C=O) groups is 1. The first-order valence-electron chi connectivity index (χ1n) is 8.04. The Bertz CT molecular complexity index is 713. The van der Waals surface area contributed by atoms with Gasteiger partial charge in [-0.1, -0.05) is 0 Å². The Hall–Kier alpha value is -1.60. The fourth-order valence-electron chi connectivity index (χ4n) is 3.10. The highest BCUT2D eigenvalue weighted by Gasteiger charge is 2.32. The zero-order valence-electron chi connectivity index (χ0n) is 13.3. The number of amides is 1. The van der Waals surface area contributed by atoms with E-state index < -0.39 is 10.0 Å². The van der Waals surface area contributed by atoms with Crippen LogP contribution in [0.1, 0.15) is 35.2 Å². The average Bonchev–Trinajstić information content (AvgIpc) is 3.27. The van der Waals surface area contributed by atoms with Crippen LogP contribution in [0.3, 0.4) is 0 Å². The molecule has 0 spiro atoms. The molecule has 1 aliphatic carbocycles. The van der Waals surface area contributed by atoms with Crippen molar-refractivity contribution in [2.75, 3.05) is 23.1 Å². The van der Waals surface area contributed by atoms with Crippen molar-refractivity contribution in [1.82, 2.24) is 5.32 Å². The van der Waals surface area contributed by atoms with Crippen molar-refractivity contribution in [2.45, 2.75) is 32.2 Å². The van der Waals surface area contributed by atoms with Crippen LogP contribution in [-0.2, 0) is 10.0 Å². The van der Waals surface area contributed by atoms with Crippen LogP contribution in [0.2, 0.25) is 0 Å². The number of aryl methyl sites for hydroxylation is 1. The highest BCUT2D eigenvalue weighted by atomic mass is 32.2. The molecule has 0 radical (unpaired) electrons. The third-order valence-corrected chi connectivity index (χ3v) is 6.47. The molecule has 23 heavy (non-hydrogen) atoms. The van der Waals surface area contributed by atoms with Crippen LogP contribution in [-0.4, -0.2) is 39.2 Å². The normalized spacial score (nSPS) is 21.2. The summed E-state index contributed by atoms with van der Waals surface area (Å²) >= 11 is 0. The van der Waals surface area contributed by atoms with Gasteiger partial charge >= 0.3 is 0 Å². The molecule has 0 aromatic heterocycles. The van der Waals surface area contributed by atoms with E-state index in [1.54, 1.807) is 18.2 Å². The molecule has 3 rings (SSSR count). The summed E-state index contributed by atoms with van der Waals surface area (Å²) in [6, 6.07) is 5.21. The first kappa shape index (κ1) is 16.3. The van der Waals surface area contributed by atoms with Gasteiger partial charge in [-0.2, -0.15) is 0 Å². The maximum Gasteiger partial charge on any atom is 0.251 e. The number of hydrogen-bond donors (Lipinski definition) is 2. The quantitative estimate of drug-likeness (QED) is 0.838. The van der Waals surface area contributed by atoms with E-state index in [1.165, 1.54) is 4.31 Å². The molecule has 126 valence electrons. The van der Waals surface area contributed by atoms with Crippen LogP contribution >= 0.6 is 0 Å². The average molecular weight is 337 g/mol. The number of sulfonamides is 1. The summed E-state index contributed by atoms with van der Waals surface area (Å²) in [7, 11) is -3.20. The number of hydrogen-bond acceptors (Lipinski definition) is 4. The van der Waals surface area contributed by atoms with E-state index in [-0.39, 0.29) is 17.7 Å². The van der Waals surface area contributed by atoms with Gasteiger partial charge < -0.3 is 11.1 Å². The van der Waals surface area contributed by atoms with Gasteiger partial charge in [0, 0.05) is 24.7 Å². The van der Waals surface area contributed by atoms with Crippen LogP contribution in [0.4, 0.5) is 5.69 Å². The van der Waals surface area contributed by atoms with Crippen molar-refractivity contribution >= 4 is 21.6 Å². The molecule has 6 nitrogen and oxygen atoms in total. The van der Waals surface area contributed by atoms with E-state index in [0.29, 0.717) is 36.7 Å². The lowest BCUT2D eigenvalue weighted by Crippen LogP contribution is -2.42. The molecule has 1 aromatic rings. The van der Waals surface area contributed by atoms with Crippen LogP contribution < -0.4 is 15.4 Å². The molecule has 1 heterocycles. The molecule has 1 atom stereocenters. The van der Waals surface area contributed by atoms with E-state index in [0.717, 1.165) is 18.4 Å². The van der Waals surface area contributed by atoms with Gasteiger partial charge in [-0.05, 0) is 55.9 Å². The van der Waals surface area contributed by atoms with E-state index in [2.05, 4.69) is 5.32 Å². The molecule has 3 N–H and O–H groups in total. The number of nitrogens with one attached hydrogen (secondary N) is 1. The second kappa shape index (κ2) is 6.13. The summed E-state index contributed by atoms with van der Waals surface area (Å²) in [5.41, 5.74) is 7.71. The molecule has 2 aliphatic rings. The van der Waals surface area contributed by atoms with Crippen molar-refractivity contribution in [3.63, 3.8) is 0 Å². The van der Waals surface area contributed by atoms with Crippen molar-refractivity contribution in [3.8, 4) is 0 Å². The van der Waals surface area contributed by atoms with Crippen LogP contribution in [0, 0.1) is 12.8 Å². The minimum absolute atomic E-state index is 0.0283. The van der Waals surface area contributed by atoms with Crippen LogP contribution in [0.5, 0.6) is 0 Å². The number of carbonyl (C=O) groups excluding carboxylic acids is 1. The second-order valence-corrected chi connectivity index (χ2v) is 8.41. The second-order valence-electron chi connectivity index (χ2n) is 6.39. The number of nitrogens with zero attached hydrogens (tertiary/aromatic N) is 1. The lowest BCUT2D eigenvalue weighted by molar-refractivity contribution is 0.0933. The number of anilines is 1. The van der Waals surface area contributed by atoms with Gasteiger partial charge in [0.15, 0.2) is 0 Å². The van der Waals surface area contributed by atoms with Gasteiger partial charge in [-0.15, -0.1) is 0 Å². The van der Waals surface area contributed by atoms with Crippen molar-refractivity contribution in [2.24, 2.45) is 11.7 Å². The molecule has 1 amide bonds. The highest BCUT2D eigenvalue weighted by Crippen LogP contribution is 2.32. The van der Waals surface area contributed by atoms with Gasteiger partial charge in [-0.3, -0.25) is 9.10 Å². The monoisotopic (exact) mass is 337 g/mol. The van der Waals surface area contributed by atoms with E-state index >= 15 is 0 Å². The Labute approximate surface area is 137 Å². The van der Waals surface area contributed by atoms with Gasteiger partial charge in [0.1, 0.15) is 0 Å². The molecule has 2 fully saturated rings. The van der Waals surface area contributed by atoms with Crippen molar-refractivity contribution in [3.05, 3.63) is 29.3 Å². The molecule has 1 saturated carbocycles. The SMILES string of the molecule is Cc1cc(N2CCCS2(=O)=O)ccc1C(=O)NC(CN)C1CC1. The summed E-state index contributed by atoms with van der Waals surface area (Å²) < 4.78 is 25.4. The number of nitrogens with two attached hydrogens (primary N) is 1. The highest BCUT2D eigenvalue weighted by molar-refractivity contribution is 7.93. The lowest BCUT2D eigenvalue weighted by atomic mass is 10.1. The summed E-state index contributed by atoms with van der Waals surface area (Å²) in [5.74, 6) is 0.548. The van der Waals surface area contributed by atoms with E-state index in [9.17, 15) is 13.2 Å². The Balaban J connectivity index is 1.78. The zero-order chi connectivity index (χ0) is 16.6. The van der Waals surface area contributed by atoms with Crippen LogP contribution in [0.15, 0.2) is 18.2 Å². The summed E-state index contributed by atoms with van der Waals surface area (Å²) in [4.78, 5) is 12.4. The molecule has 1 aliphatic heterocycles. The van der Waals surface area contributed by atoms with E-state index in [4.69, 9.17) is 5.73 Å². The molecule has 1 saturated heterocycles. The Morgan fingerprint density at radius 1 is 1.43 bits per heavy atom. The summed E-state index contributed by atoms with van der Waals surface area (Å²) in [6.45, 7) is 2.78. The van der Waals surface area contributed by atoms with E-state index in [1.807, 2.05) is 6.92 Å². The smallest absolute Gasteiger partial charge is 0.251 e. The summed E-state index contributed by atoms with van der Waals surface area (Å²) in [6.07, 6.45) is 2.88. The standard InChI is InChI=1S/C16H23N3O3S/c1-11-9-13(19-7-2-8-23(19,21)22)5-6-14(11)16(20)18-15(10-17)12-3-4-12/h5-6,9,12,15H,2-4,7-8,10,17H2,1H3,(H,18,20). The lowest BCUT2D eigenvalue weighted by Gasteiger charge is -2.20. The molecule has 7 heteroatoms. The first-order valence-corrected chi connectivity index (χ1v) is 9.65. The number of rotatable bonds is 5. The molecule has 1 unspecified atom stereocenters. The maximum absolute atomic E-state index is 12.4. The van der Waals surface area contributed by atoms with Gasteiger partial charge in [-0.25, -0.2) is 8.42 Å². The zero-order valence-corrected chi connectivity index (χ0v) is 14.1. The van der Waals surface area contributed by atoms with Gasteiger partial charge in [0.05, 0.1) is 11.4 Å². The minimum atomic E-state index is -3.20. The fraction of sp³-hybridized carbons (Fsp3) is 0.562. The predicted molar refractivity (Wildman–Crippen MR) is 90.0 cm³/mol. The Morgan fingerprint density at radius 2 is 2.17 bits per heavy atom. The van der Waals surface area contributed by atoms with Crippen molar-refractivity contribution < 1.29 is 13.2 Å². The van der Waals surface area contributed by atoms with Crippen molar-refractivity contribution in [1.29, 1.82) is 0 Å². The fourth-order valence-corrected chi connectivity index (χ4v) is 4.66. The molecule has 0 bridgehead atoms. The largest absolute Gasteiger partial charge is 0.348 e.